The van der Waals surface area contributed by atoms with E-state index in [-0.39, 0.29) is 6.04 Å². The monoisotopic (exact) mass is 164 g/mol. The Bertz CT molecular complexity index is 247. The van der Waals surface area contributed by atoms with Crippen LogP contribution in [0.15, 0.2) is 24.3 Å². The molecular formula is C10H14NO. The minimum atomic E-state index is 0.0844. The van der Waals surface area contributed by atoms with Crippen LogP contribution in [0.4, 0.5) is 0 Å². The number of para-hydroxylation sites is 1. The normalized spacial score (nSPS) is 12.6. The van der Waals surface area contributed by atoms with Crippen molar-refractivity contribution in [3.8, 4) is 5.75 Å². The van der Waals surface area contributed by atoms with E-state index in [0.717, 1.165) is 11.3 Å². The molecule has 65 valence electrons. The van der Waals surface area contributed by atoms with Crippen LogP contribution >= 0.6 is 0 Å². The molecule has 0 heterocycles. The van der Waals surface area contributed by atoms with Crippen LogP contribution in [0, 0.1) is 6.92 Å². The smallest absolute Gasteiger partial charge is 0.123 e. The van der Waals surface area contributed by atoms with Gasteiger partial charge >= 0.3 is 0 Å². The SMILES string of the molecule is [CH2]C(NC)c1ccccc1OC. The number of methoxy groups -OCH3 is 1. The van der Waals surface area contributed by atoms with Crippen LogP contribution < -0.4 is 10.1 Å². The molecule has 0 saturated carbocycles. The quantitative estimate of drug-likeness (QED) is 0.735. The number of ether oxygens (including phenoxy) is 1. The van der Waals surface area contributed by atoms with E-state index in [1.807, 2.05) is 31.3 Å². The van der Waals surface area contributed by atoms with E-state index in [1.54, 1.807) is 7.11 Å². The number of rotatable bonds is 3. The van der Waals surface area contributed by atoms with E-state index in [1.165, 1.54) is 0 Å². The van der Waals surface area contributed by atoms with Crippen molar-refractivity contribution in [2.75, 3.05) is 14.2 Å². The van der Waals surface area contributed by atoms with Gasteiger partial charge in [0.1, 0.15) is 5.75 Å². The molecule has 1 atom stereocenters. The van der Waals surface area contributed by atoms with Gasteiger partial charge in [-0.3, -0.25) is 0 Å². The van der Waals surface area contributed by atoms with Gasteiger partial charge in [0.25, 0.3) is 0 Å². The maximum Gasteiger partial charge on any atom is 0.123 e. The number of nitrogens with one attached hydrogen (secondary N) is 1. The first-order chi connectivity index (χ1) is 5.79. The molecule has 0 aliphatic rings. The molecular weight excluding hydrogens is 150 g/mol. The van der Waals surface area contributed by atoms with Crippen LogP contribution in [0.25, 0.3) is 0 Å². The molecule has 0 spiro atoms. The van der Waals surface area contributed by atoms with Gasteiger partial charge in [0.05, 0.1) is 7.11 Å². The van der Waals surface area contributed by atoms with E-state index in [9.17, 15) is 0 Å². The lowest BCUT2D eigenvalue weighted by atomic mass is 10.1. The van der Waals surface area contributed by atoms with Crippen molar-refractivity contribution in [2.24, 2.45) is 0 Å². The summed E-state index contributed by atoms with van der Waals surface area (Å²) in [5, 5.41) is 3.06. The van der Waals surface area contributed by atoms with Crippen LogP contribution in [0.1, 0.15) is 11.6 Å². The van der Waals surface area contributed by atoms with Crippen LogP contribution in [0.2, 0.25) is 0 Å². The molecule has 1 N–H and O–H groups in total. The third-order valence-electron chi connectivity index (χ3n) is 1.86. The van der Waals surface area contributed by atoms with Gasteiger partial charge in [-0.05, 0) is 20.0 Å². The third kappa shape index (κ3) is 1.77. The maximum absolute atomic E-state index is 5.19. The highest BCUT2D eigenvalue weighted by Crippen LogP contribution is 2.23. The van der Waals surface area contributed by atoms with Crippen molar-refractivity contribution in [1.82, 2.24) is 5.32 Å². The van der Waals surface area contributed by atoms with Gasteiger partial charge < -0.3 is 10.1 Å². The summed E-state index contributed by atoms with van der Waals surface area (Å²) in [5.74, 6) is 0.881. The van der Waals surface area contributed by atoms with Crippen molar-refractivity contribution in [3.63, 3.8) is 0 Å². The summed E-state index contributed by atoms with van der Waals surface area (Å²) < 4.78 is 5.19. The van der Waals surface area contributed by atoms with Gasteiger partial charge in [0.2, 0.25) is 0 Å². The Kier molecular flexibility index (Phi) is 3.11. The van der Waals surface area contributed by atoms with E-state index in [0.29, 0.717) is 0 Å². The molecule has 0 aromatic heterocycles. The van der Waals surface area contributed by atoms with Crippen molar-refractivity contribution in [2.45, 2.75) is 6.04 Å². The number of hydrogen-bond acceptors (Lipinski definition) is 2. The van der Waals surface area contributed by atoms with Crippen LogP contribution in [-0.2, 0) is 0 Å². The summed E-state index contributed by atoms with van der Waals surface area (Å²) in [7, 11) is 3.55. The zero-order valence-electron chi connectivity index (χ0n) is 7.50. The molecule has 2 heteroatoms. The zero-order valence-corrected chi connectivity index (χ0v) is 7.50. The number of benzene rings is 1. The largest absolute Gasteiger partial charge is 0.496 e. The lowest BCUT2D eigenvalue weighted by molar-refractivity contribution is 0.406. The first-order valence-corrected chi connectivity index (χ1v) is 3.93. The van der Waals surface area contributed by atoms with Gasteiger partial charge in [-0.1, -0.05) is 18.2 Å². The molecule has 0 saturated heterocycles. The second kappa shape index (κ2) is 4.12. The maximum atomic E-state index is 5.19. The highest BCUT2D eigenvalue weighted by molar-refractivity contribution is 5.36. The molecule has 1 rings (SSSR count). The van der Waals surface area contributed by atoms with E-state index < -0.39 is 0 Å². The van der Waals surface area contributed by atoms with Crippen LogP contribution in [0.3, 0.4) is 0 Å². The summed E-state index contributed by atoms with van der Waals surface area (Å²) in [6, 6.07) is 7.96. The van der Waals surface area contributed by atoms with Crippen LogP contribution in [0.5, 0.6) is 5.75 Å². The summed E-state index contributed by atoms with van der Waals surface area (Å²) in [5.41, 5.74) is 1.09. The topological polar surface area (TPSA) is 21.3 Å². The Balaban J connectivity index is 2.96. The Morgan fingerprint density at radius 3 is 2.67 bits per heavy atom. The molecule has 1 radical (unpaired) electrons. The fourth-order valence-electron chi connectivity index (χ4n) is 1.11. The van der Waals surface area contributed by atoms with Crippen LogP contribution in [-0.4, -0.2) is 14.2 Å². The highest BCUT2D eigenvalue weighted by Gasteiger charge is 2.07. The second-order valence-electron chi connectivity index (χ2n) is 2.58. The third-order valence-corrected chi connectivity index (χ3v) is 1.86. The fourth-order valence-corrected chi connectivity index (χ4v) is 1.11. The Morgan fingerprint density at radius 1 is 1.42 bits per heavy atom. The molecule has 0 fully saturated rings. The average molecular weight is 164 g/mol. The van der Waals surface area contributed by atoms with Gasteiger partial charge in [-0.15, -0.1) is 0 Å². The van der Waals surface area contributed by atoms with Gasteiger partial charge in [0, 0.05) is 11.6 Å². The lowest BCUT2D eigenvalue weighted by Gasteiger charge is -2.13. The number of hydrogen-bond donors (Lipinski definition) is 1. The summed E-state index contributed by atoms with van der Waals surface area (Å²) in [6.45, 7) is 3.94. The standard InChI is InChI=1S/C10H14NO/c1-8(11-2)9-6-4-5-7-10(9)12-3/h4-8,11H,1H2,2-3H3. The molecule has 0 bridgehead atoms. The Morgan fingerprint density at radius 2 is 2.08 bits per heavy atom. The predicted octanol–water partition coefficient (Wildman–Crippen LogP) is 1.79. The van der Waals surface area contributed by atoms with E-state index >= 15 is 0 Å². The average Bonchev–Trinajstić information content (AvgIpc) is 2.16. The summed E-state index contributed by atoms with van der Waals surface area (Å²) >= 11 is 0. The van der Waals surface area contributed by atoms with Crippen molar-refractivity contribution >= 4 is 0 Å². The minimum absolute atomic E-state index is 0.0844. The highest BCUT2D eigenvalue weighted by atomic mass is 16.5. The van der Waals surface area contributed by atoms with E-state index in [2.05, 4.69) is 12.2 Å². The molecule has 1 aromatic carbocycles. The molecule has 1 unspecified atom stereocenters. The van der Waals surface area contributed by atoms with E-state index in [4.69, 9.17) is 4.74 Å². The lowest BCUT2D eigenvalue weighted by Crippen LogP contribution is -2.13. The van der Waals surface area contributed by atoms with Crippen molar-refractivity contribution in [1.29, 1.82) is 0 Å². The molecule has 0 aliphatic heterocycles. The summed E-state index contributed by atoms with van der Waals surface area (Å²) in [6.07, 6.45) is 0. The molecule has 0 amide bonds. The molecule has 1 aromatic rings. The summed E-state index contributed by atoms with van der Waals surface area (Å²) in [4.78, 5) is 0. The Hall–Kier alpha value is -1.02. The zero-order chi connectivity index (χ0) is 8.97. The first-order valence-electron chi connectivity index (χ1n) is 3.93. The molecule has 12 heavy (non-hydrogen) atoms. The van der Waals surface area contributed by atoms with Crippen molar-refractivity contribution in [3.05, 3.63) is 36.8 Å². The second-order valence-corrected chi connectivity index (χ2v) is 2.58. The fraction of sp³-hybridized carbons (Fsp3) is 0.300. The van der Waals surface area contributed by atoms with Gasteiger partial charge in [0.15, 0.2) is 0 Å². The first kappa shape index (κ1) is 9.07. The van der Waals surface area contributed by atoms with Gasteiger partial charge in [-0.2, -0.15) is 0 Å². The molecule has 0 aliphatic carbocycles. The predicted molar refractivity (Wildman–Crippen MR) is 50.2 cm³/mol. The Labute approximate surface area is 73.6 Å². The van der Waals surface area contributed by atoms with Crippen molar-refractivity contribution < 1.29 is 4.74 Å². The minimum Gasteiger partial charge on any atom is -0.496 e. The van der Waals surface area contributed by atoms with Gasteiger partial charge in [-0.25, -0.2) is 0 Å². The molecule has 2 nitrogen and oxygen atoms in total.